The van der Waals surface area contributed by atoms with Gasteiger partial charge in [0.05, 0.1) is 6.61 Å². The normalized spacial score (nSPS) is 15.9. The molecule has 1 fully saturated rings. The lowest BCUT2D eigenvalue weighted by Gasteiger charge is -2.31. The van der Waals surface area contributed by atoms with Crippen LogP contribution in [-0.2, 0) is 14.8 Å². The molecule has 2 heterocycles. The van der Waals surface area contributed by atoms with Gasteiger partial charge in [0, 0.05) is 19.1 Å². The molecular formula is C19H24N2O5S2. The lowest BCUT2D eigenvalue weighted by molar-refractivity contribution is -0.124. The van der Waals surface area contributed by atoms with Gasteiger partial charge in [-0.3, -0.25) is 4.79 Å². The molecule has 28 heavy (non-hydrogen) atoms. The van der Waals surface area contributed by atoms with E-state index in [1.807, 2.05) is 19.1 Å². The maximum Gasteiger partial charge on any atom is 0.258 e. The fraction of sp³-hybridized carbons (Fsp3) is 0.421. The highest BCUT2D eigenvalue weighted by Crippen LogP contribution is 2.26. The number of nitrogens with one attached hydrogen (secondary N) is 1. The van der Waals surface area contributed by atoms with Crippen molar-refractivity contribution < 1.29 is 22.7 Å². The van der Waals surface area contributed by atoms with E-state index in [0.29, 0.717) is 48.2 Å². The van der Waals surface area contributed by atoms with Gasteiger partial charge in [-0.25, -0.2) is 8.42 Å². The van der Waals surface area contributed by atoms with Crippen LogP contribution < -0.4 is 14.8 Å². The summed E-state index contributed by atoms with van der Waals surface area (Å²) in [5, 5.41) is 4.68. The summed E-state index contributed by atoms with van der Waals surface area (Å²) in [6.45, 7) is 3.06. The molecule has 1 aromatic heterocycles. The molecule has 2 aromatic rings. The van der Waals surface area contributed by atoms with Crippen LogP contribution >= 0.6 is 11.3 Å². The molecule has 1 aliphatic heterocycles. The molecule has 0 radical (unpaired) electrons. The summed E-state index contributed by atoms with van der Waals surface area (Å²) in [7, 11) is -3.43. The maximum atomic E-state index is 12.5. The van der Waals surface area contributed by atoms with Crippen molar-refractivity contribution in [1.82, 2.24) is 9.62 Å². The third-order valence-electron chi connectivity index (χ3n) is 4.42. The molecule has 0 atom stereocenters. The SMILES string of the molecule is CCOc1ccccc1OCC(=O)NC1CCN(S(=O)(=O)c2cccs2)CC1. The molecule has 0 unspecified atom stereocenters. The third kappa shape index (κ3) is 5.03. The number of rotatable bonds is 8. The number of para-hydroxylation sites is 2. The highest BCUT2D eigenvalue weighted by Gasteiger charge is 2.30. The second-order valence-electron chi connectivity index (χ2n) is 6.35. The van der Waals surface area contributed by atoms with Crippen molar-refractivity contribution in [3.63, 3.8) is 0 Å². The first kappa shape index (κ1) is 20.6. The van der Waals surface area contributed by atoms with Gasteiger partial charge in [-0.2, -0.15) is 4.31 Å². The van der Waals surface area contributed by atoms with Gasteiger partial charge < -0.3 is 14.8 Å². The Morgan fingerprint density at radius 3 is 2.43 bits per heavy atom. The van der Waals surface area contributed by atoms with E-state index in [1.165, 1.54) is 15.6 Å². The van der Waals surface area contributed by atoms with Crippen LogP contribution in [-0.4, -0.2) is 51.0 Å². The van der Waals surface area contributed by atoms with Crippen LogP contribution in [0.2, 0.25) is 0 Å². The molecule has 152 valence electrons. The van der Waals surface area contributed by atoms with Crippen LogP contribution in [0.15, 0.2) is 46.0 Å². The minimum atomic E-state index is -3.43. The Bertz CT molecular complexity index is 875. The molecular weight excluding hydrogens is 400 g/mol. The van der Waals surface area contributed by atoms with Crippen LogP contribution in [0.25, 0.3) is 0 Å². The number of sulfonamides is 1. The van der Waals surface area contributed by atoms with Crippen LogP contribution in [0.4, 0.5) is 0 Å². The van der Waals surface area contributed by atoms with E-state index in [1.54, 1.807) is 29.6 Å². The monoisotopic (exact) mass is 424 g/mol. The zero-order valence-corrected chi connectivity index (χ0v) is 17.3. The van der Waals surface area contributed by atoms with Crippen molar-refractivity contribution in [2.45, 2.75) is 30.0 Å². The Morgan fingerprint density at radius 2 is 1.82 bits per heavy atom. The van der Waals surface area contributed by atoms with Crippen molar-refractivity contribution in [2.75, 3.05) is 26.3 Å². The van der Waals surface area contributed by atoms with Crippen molar-refractivity contribution >= 4 is 27.3 Å². The second kappa shape index (κ2) is 9.40. The molecule has 9 heteroatoms. The number of carbonyl (C=O) groups is 1. The van der Waals surface area contributed by atoms with Crippen LogP contribution in [0.1, 0.15) is 19.8 Å². The van der Waals surface area contributed by atoms with E-state index in [2.05, 4.69) is 5.32 Å². The molecule has 1 saturated heterocycles. The topological polar surface area (TPSA) is 84.9 Å². The summed E-state index contributed by atoms with van der Waals surface area (Å²) >= 11 is 1.22. The third-order valence-corrected chi connectivity index (χ3v) is 7.69. The lowest BCUT2D eigenvalue weighted by atomic mass is 10.1. The first-order valence-electron chi connectivity index (χ1n) is 9.18. The van der Waals surface area contributed by atoms with Crippen LogP contribution in [0.5, 0.6) is 11.5 Å². The molecule has 0 saturated carbocycles. The van der Waals surface area contributed by atoms with Gasteiger partial charge in [-0.1, -0.05) is 18.2 Å². The zero-order valence-electron chi connectivity index (χ0n) is 15.7. The number of hydrogen-bond acceptors (Lipinski definition) is 6. The predicted octanol–water partition coefficient (Wildman–Crippen LogP) is 2.50. The smallest absolute Gasteiger partial charge is 0.258 e. The molecule has 1 aromatic carbocycles. The predicted molar refractivity (Wildman–Crippen MR) is 107 cm³/mol. The van der Waals surface area contributed by atoms with E-state index in [0.717, 1.165) is 0 Å². The summed E-state index contributed by atoms with van der Waals surface area (Å²) < 4.78 is 38.0. The van der Waals surface area contributed by atoms with Crippen molar-refractivity contribution in [2.24, 2.45) is 0 Å². The van der Waals surface area contributed by atoms with Gasteiger partial charge >= 0.3 is 0 Å². The maximum absolute atomic E-state index is 12.5. The molecule has 0 aliphatic carbocycles. The molecule has 7 nitrogen and oxygen atoms in total. The van der Waals surface area contributed by atoms with Gasteiger partial charge in [0.1, 0.15) is 4.21 Å². The van der Waals surface area contributed by atoms with E-state index >= 15 is 0 Å². The number of carbonyl (C=O) groups excluding carboxylic acids is 1. The fourth-order valence-electron chi connectivity index (χ4n) is 3.03. The Morgan fingerprint density at radius 1 is 1.14 bits per heavy atom. The van der Waals surface area contributed by atoms with Gasteiger partial charge in [0.15, 0.2) is 18.1 Å². The average Bonchev–Trinajstić information content (AvgIpc) is 3.24. The summed E-state index contributed by atoms with van der Waals surface area (Å²) in [4.78, 5) is 12.2. The number of piperidine rings is 1. The summed E-state index contributed by atoms with van der Waals surface area (Å²) in [6, 6.07) is 10.5. The van der Waals surface area contributed by atoms with Crippen molar-refractivity contribution in [3.8, 4) is 11.5 Å². The lowest BCUT2D eigenvalue weighted by Crippen LogP contribution is -2.47. The van der Waals surface area contributed by atoms with Crippen molar-refractivity contribution in [1.29, 1.82) is 0 Å². The molecule has 3 rings (SSSR count). The Hall–Kier alpha value is -2.10. The molecule has 1 aliphatic rings. The molecule has 0 spiro atoms. The Kier molecular flexibility index (Phi) is 6.93. The molecule has 1 amide bonds. The quantitative estimate of drug-likeness (QED) is 0.704. The fourth-order valence-corrected chi connectivity index (χ4v) is 5.65. The number of hydrogen-bond donors (Lipinski definition) is 1. The number of thiophene rings is 1. The van der Waals surface area contributed by atoms with Gasteiger partial charge in [-0.05, 0) is 43.3 Å². The van der Waals surface area contributed by atoms with Crippen LogP contribution in [0, 0.1) is 0 Å². The first-order valence-corrected chi connectivity index (χ1v) is 11.5. The minimum absolute atomic E-state index is 0.0620. The largest absolute Gasteiger partial charge is 0.490 e. The number of amides is 1. The highest BCUT2D eigenvalue weighted by atomic mass is 32.2. The summed E-state index contributed by atoms with van der Waals surface area (Å²) in [5.41, 5.74) is 0. The van der Waals surface area contributed by atoms with E-state index in [4.69, 9.17) is 9.47 Å². The minimum Gasteiger partial charge on any atom is -0.490 e. The van der Waals surface area contributed by atoms with Crippen LogP contribution in [0.3, 0.4) is 0 Å². The molecule has 1 N–H and O–H groups in total. The van der Waals surface area contributed by atoms with E-state index in [-0.39, 0.29) is 18.6 Å². The summed E-state index contributed by atoms with van der Waals surface area (Å²) in [5.74, 6) is 0.895. The van der Waals surface area contributed by atoms with Gasteiger partial charge in [0.2, 0.25) is 0 Å². The first-order chi connectivity index (χ1) is 13.5. The Balaban J connectivity index is 1.47. The van der Waals surface area contributed by atoms with E-state index in [9.17, 15) is 13.2 Å². The number of nitrogens with zero attached hydrogens (tertiary/aromatic N) is 1. The van der Waals surface area contributed by atoms with Gasteiger partial charge in [-0.15, -0.1) is 11.3 Å². The molecule has 0 bridgehead atoms. The number of ether oxygens (including phenoxy) is 2. The Labute approximate surface area is 169 Å². The standard InChI is InChI=1S/C19H24N2O5S2/c1-2-25-16-6-3-4-7-17(16)26-14-18(22)20-15-9-11-21(12-10-15)28(23,24)19-8-5-13-27-19/h3-8,13,15H,2,9-12,14H2,1H3,(H,20,22). The highest BCUT2D eigenvalue weighted by molar-refractivity contribution is 7.91. The number of benzene rings is 1. The van der Waals surface area contributed by atoms with Gasteiger partial charge in [0.25, 0.3) is 15.9 Å². The summed E-state index contributed by atoms with van der Waals surface area (Å²) in [6.07, 6.45) is 1.15. The van der Waals surface area contributed by atoms with Crippen molar-refractivity contribution in [3.05, 3.63) is 41.8 Å². The zero-order chi connectivity index (χ0) is 20.0. The average molecular weight is 425 g/mol. The van der Waals surface area contributed by atoms with E-state index < -0.39 is 10.0 Å². The second-order valence-corrected chi connectivity index (χ2v) is 9.46.